The fourth-order valence-corrected chi connectivity index (χ4v) is 1.75. The molecule has 14 heavy (non-hydrogen) atoms. The Hall–Kier alpha value is -0.310. The summed E-state index contributed by atoms with van der Waals surface area (Å²) in [5.41, 5.74) is 6.79. The third kappa shape index (κ3) is 3.45. The van der Waals surface area contributed by atoms with Crippen LogP contribution < -0.4 is 5.73 Å². The second kappa shape index (κ2) is 4.47. The maximum absolute atomic E-state index is 5.80. The van der Waals surface area contributed by atoms with Crippen LogP contribution in [0.3, 0.4) is 0 Å². The smallest absolute Gasteiger partial charge is 0.131 e. The lowest BCUT2D eigenvalue weighted by Crippen LogP contribution is -2.25. The van der Waals surface area contributed by atoms with Crippen LogP contribution in [0.5, 0.6) is 0 Å². The molecule has 0 radical (unpaired) electrons. The lowest BCUT2D eigenvalue weighted by Gasteiger charge is -2.22. The number of halogens is 2. The molecule has 2 N–H and O–H groups in total. The first-order chi connectivity index (χ1) is 6.43. The summed E-state index contributed by atoms with van der Waals surface area (Å²) in [6.07, 6.45) is 0.853. The fraction of sp³-hybridized carbons (Fsp3) is 0.500. The SMILES string of the molecule is CC(C)(CN)Cc1cc(Cl)nc(Cl)c1. The standard InChI is InChI=1S/C10H14Cl2N2/c1-10(2,6-13)5-7-3-8(11)14-9(12)4-7/h3-4H,5-6,13H2,1-2H3. The Kier molecular flexibility index (Phi) is 3.76. The number of pyridine rings is 1. The van der Waals surface area contributed by atoms with E-state index in [1.54, 1.807) is 0 Å². The largest absolute Gasteiger partial charge is 0.330 e. The van der Waals surface area contributed by atoms with Crippen LogP contribution >= 0.6 is 23.2 Å². The number of hydrogen-bond acceptors (Lipinski definition) is 2. The van der Waals surface area contributed by atoms with E-state index in [2.05, 4.69) is 18.8 Å². The van der Waals surface area contributed by atoms with Gasteiger partial charge in [-0.15, -0.1) is 0 Å². The predicted molar refractivity (Wildman–Crippen MR) is 60.8 cm³/mol. The second-order valence-electron chi connectivity index (χ2n) is 4.17. The molecule has 4 heteroatoms. The van der Waals surface area contributed by atoms with Gasteiger partial charge in [-0.3, -0.25) is 0 Å². The lowest BCUT2D eigenvalue weighted by atomic mass is 9.86. The van der Waals surface area contributed by atoms with Crippen LogP contribution in [0, 0.1) is 5.41 Å². The van der Waals surface area contributed by atoms with Gasteiger partial charge < -0.3 is 5.73 Å². The van der Waals surface area contributed by atoms with E-state index < -0.39 is 0 Å². The first-order valence-corrected chi connectivity index (χ1v) is 5.20. The van der Waals surface area contributed by atoms with Crippen LogP contribution in [-0.2, 0) is 6.42 Å². The van der Waals surface area contributed by atoms with Gasteiger partial charge in [-0.25, -0.2) is 4.98 Å². The summed E-state index contributed by atoms with van der Waals surface area (Å²) in [5, 5.41) is 0.862. The maximum Gasteiger partial charge on any atom is 0.131 e. The summed E-state index contributed by atoms with van der Waals surface area (Å²) >= 11 is 11.6. The lowest BCUT2D eigenvalue weighted by molar-refractivity contribution is 0.376. The Labute approximate surface area is 94.4 Å². The zero-order valence-electron chi connectivity index (χ0n) is 8.35. The van der Waals surface area contributed by atoms with Crippen LogP contribution in [0.25, 0.3) is 0 Å². The minimum Gasteiger partial charge on any atom is -0.330 e. The molecule has 1 rings (SSSR count). The molecule has 0 aliphatic carbocycles. The summed E-state index contributed by atoms with van der Waals surface area (Å²) < 4.78 is 0. The first kappa shape index (κ1) is 11.8. The van der Waals surface area contributed by atoms with E-state index in [1.807, 2.05) is 12.1 Å². The number of rotatable bonds is 3. The van der Waals surface area contributed by atoms with Crippen LogP contribution in [0.1, 0.15) is 19.4 Å². The molecular formula is C10H14Cl2N2. The number of hydrogen-bond donors (Lipinski definition) is 1. The zero-order chi connectivity index (χ0) is 10.8. The predicted octanol–water partition coefficient (Wildman–Crippen LogP) is 2.92. The topological polar surface area (TPSA) is 38.9 Å². The third-order valence-electron chi connectivity index (χ3n) is 2.06. The molecule has 0 aliphatic heterocycles. The van der Waals surface area contributed by atoms with E-state index in [4.69, 9.17) is 28.9 Å². The molecule has 1 aromatic rings. The van der Waals surface area contributed by atoms with Gasteiger partial charge in [0.05, 0.1) is 0 Å². The second-order valence-corrected chi connectivity index (χ2v) is 4.94. The summed E-state index contributed by atoms with van der Waals surface area (Å²) in [4.78, 5) is 3.89. The maximum atomic E-state index is 5.80. The Balaban J connectivity index is 2.87. The van der Waals surface area contributed by atoms with Gasteiger partial charge in [-0.05, 0) is 36.1 Å². The van der Waals surface area contributed by atoms with Crippen LogP contribution in [-0.4, -0.2) is 11.5 Å². The first-order valence-electron chi connectivity index (χ1n) is 4.45. The molecule has 0 spiro atoms. The van der Waals surface area contributed by atoms with Gasteiger partial charge >= 0.3 is 0 Å². The van der Waals surface area contributed by atoms with Crippen molar-refractivity contribution in [3.8, 4) is 0 Å². The molecule has 0 atom stereocenters. The Morgan fingerprint density at radius 2 is 1.79 bits per heavy atom. The zero-order valence-corrected chi connectivity index (χ0v) is 9.86. The van der Waals surface area contributed by atoms with Crippen molar-refractivity contribution in [1.82, 2.24) is 4.98 Å². The van der Waals surface area contributed by atoms with E-state index in [-0.39, 0.29) is 5.41 Å². The van der Waals surface area contributed by atoms with Gasteiger partial charge in [0, 0.05) is 0 Å². The Morgan fingerprint density at radius 3 is 2.21 bits per heavy atom. The van der Waals surface area contributed by atoms with Gasteiger partial charge in [0.2, 0.25) is 0 Å². The molecule has 2 nitrogen and oxygen atoms in total. The van der Waals surface area contributed by atoms with E-state index in [0.717, 1.165) is 12.0 Å². The fourth-order valence-electron chi connectivity index (χ4n) is 1.24. The molecule has 78 valence electrons. The highest BCUT2D eigenvalue weighted by atomic mass is 35.5. The van der Waals surface area contributed by atoms with Gasteiger partial charge in [-0.1, -0.05) is 37.0 Å². The molecule has 1 heterocycles. The monoisotopic (exact) mass is 232 g/mol. The van der Waals surface area contributed by atoms with Gasteiger partial charge in [0.25, 0.3) is 0 Å². The van der Waals surface area contributed by atoms with Crippen LogP contribution in [0.15, 0.2) is 12.1 Å². The molecular weight excluding hydrogens is 219 g/mol. The van der Waals surface area contributed by atoms with E-state index in [1.165, 1.54) is 0 Å². The molecule has 0 fully saturated rings. The van der Waals surface area contributed by atoms with Gasteiger partial charge in [0.15, 0.2) is 0 Å². The Bertz CT molecular complexity index is 304. The minimum atomic E-state index is 0.0635. The van der Waals surface area contributed by atoms with Crippen LogP contribution in [0.2, 0.25) is 10.3 Å². The third-order valence-corrected chi connectivity index (χ3v) is 2.45. The van der Waals surface area contributed by atoms with Crippen molar-refractivity contribution >= 4 is 23.2 Å². The Morgan fingerprint density at radius 1 is 1.29 bits per heavy atom. The van der Waals surface area contributed by atoms with Gasteiger partial charge in [0.1, 0.15) is 10.3 Å². The van der Waals surface area contributed by atoms with Crippen molar-refractivity contribution in [1.29, 1.82) is 0 Å². The number of aromatic nitrogens is 1. The summed E-state index contributed by atoms with van der Waals surface area (Å²) in [7, 11) is 0. The van der Waals surface area contributed by atoms with Crippen LogP contribution in [0.4, 0.5) is 0 Å². The molecule has 0 saturated carbocycles. The molecule has 0 bridgehead atoms. The summed E-state index contributed by atoms with van der Waals surface area (Å²) in [6, 6.07) is 3.65. The van der Waals surface area contributed by atoms with E-state index in [0.29, 0.717) is 16.9 Å². The van der Waals surface area contributed by atoms with E-state index >= 15 is 0 Å². The average molecular weight is 233 g/mol. The normalized spacial score (nSPS) is 11.8. The highest BCUT2D eigenvalue weighted by molar-refractivity contribution is 6.32. The van der Waals surface area contributed by atoms with Crippen molar-refractivity contribution in [2.24, 2.45) is 11.1 Å². The summed E-state index contributed by atoms with van der Waals surface area (Å²) in [6.45, 7) is 4.84. The quantitative estimate of drug-likeness (QED) is 0.815. The summed E-state index contributed by atoms with van der Waals surface area (Å²) in [5.74, 6) is 0. The highest BCUT2D eigenvalue weighted by Gasteiger charge is 2.16. The van der Waals surface area contributed by atoms with Crippen molar-refractivity contribution < 1.29 is 0 Å². The molecule has 0 aromatic carbocycles. The molecule has 0 amide bonds. The van der Waals surface area contributed by atoms with Crippen molar-refractivity contribution in [2.45, 2.75) is 20.3 Å². The molecule has 0 aliphatic rings. The molecule has 1 aromatic heterocycles. The minimum absolute atomic E-state index is 0.0635. The van der Waals surface area contributed by atoms with E-state index in [9.17, 15) is 0 Å². The van der Waals surface area contributed by atoms with Crippen molar-refractivity contribution in [3.05, 3.63) is 28.0 Å². The molecule has 0 saturated heterocycles. The number of nitrogens with two attached hydrogens (primary N) is 1. The van der Waals surface area contributed by atoms with Crippen molar-refractivity contribution in [3.63, 3.8) is 0 Å². The average Bonchev–Trinajstić information content (AvgIpc) is 2.01. The molecule has 0 unspecified atom stereocenters. The highest BCUT2D eigenvalue weighted by Crippen LogP contribution is 2.23. The van der Waals surface area contributed by atoms with Crippen molar-refractivity contribution in [2.75, 3.05) is 6.54 Å². The van der Waals surface area contributed by atoms with Gasteiger partial charge in [-0.2, -0.15) is 0 Å². The number of nitrogens with zero attached hydrogens (tertiary/aromatic N) is 1.